The van der Waals surface area contributed by atoms with E-state index in [0.29, 0.717) is 4.83 Å². The molecule has 0 spiro atoms. The maximum absolute atomic E-state index is 12.2. The molecule has 0 radical (unpaired) electrons. The van der Waals surface area contributed by atoms with Crippen LogP contribution in [0.4, 0.5) is 0 Å². The van der Waals surface area contributed by atoms with Gasteiger partial charge in [-0.25, -0.2) is 0 Å². The zero-order valence-corrected chi connectivity index (χ0v) is 13.5. The standard InChI is InChI=1S/C13H17Br2NO/c1-9-4-5-11(15)8-12(9)13(17)16(3)7-6-10(2)14/h4-5,8,10H,6-7H2,1-3H3. The Hall–Kier alpha value is -0.350. The number of carbonyl (C=O) groups excluding carboxylic acids is 1. The summed E-state index contributed by atoms with van der Waals surface area (Å²) in [6.45, 7) is 4.81. The molecule has 0 heterocycles. The molecule has 0 aromatic heterocycles. The van der Waals surface area contributed by atoms with Crippen LogP contribution in [-0.4, -0.2) is 29.2 Å². The van der Waals surface area contributed by atoms with Crippen molar-refractivity contribution in [2.75, 3.05) is 13.6 Å². The van der Waals surface area contributed by atoms with Gasteiger partial charge in [0.1, 0.15) is 0 Å². The van der Waals surface area contributed by atoms with E-state index in [9.17, 15) is 4.79 Å². The molecule has 1 rings (SSSR count). The molecule has 2 nitrogen and oxygen atoms in total. The van der Waals surface area contributed by atoms with Crippen LogP contribution >= 0.6 is 31.9 Å². The largest absolute Gasteiger partial charge is 0.342 e. The Labute approximate surface area is 120 Å². The van der Waals surface area contributed by atoms with Crippen molar-refractivity contribution in [3.05, 3.63) is 33.8 Å². The van der Waals surface area contributed by atoms with Crippen molar-refractivity contribution in [3.63, 3.8) is 0 Å². The zero-order chi connectivity index (χ0) is 13.0. The predicted molar refractivity (Wildman–Crippen MR) is 78.8 cm³/mol. The number of alkyl halides is 1. The number of hydrogen-bond donors (Lipinski definition) is 0. The molecule has 0 aliphatic rings. The minimum atomic E-state index is 0.0805. The lowest BCUT2D eigenvalue weighted by Gasteiger charge is -2.19. The molecule has 1 aromatic rings. The summed E-state index contributed by atoms with van der Waals surface area (Å²) < 4.78 is 0.939. The first-order chi connectivity index (χ1) is 7.91. The molecule has 17 heavy (non-hydrogen) atoms. The summed E-state index contributed by atoms with van der Waals surface area (Å²) in [6.07, 6.45) is 0.954. The third-order valence-electron chi connectivity index (χ3n) is 2.64. The maximum atomic E-state index is 12.2. The van der Waals surface area contributed by atoms with Gasteiger partial charge in [-0.3, -0.25) is 4.79 Å². The number of halogens is 2. The number of amides is 1. The van der Waals surface area contributed by atoms with Crippen molar-refractivity contribution in [2.24, 2.45) is 0 Å². The highest BCUT2D eigenvalue weighted by Crippen LogP contribution is 2.17. The van der Waals surface area contributed by atoms with Gasteiger partial charge in [-0.1, -0.05) is 44.8 Å². The smallest absolute Gasteiger partial charge is 0.253 e. The summed E-state index contributed by atoms with van der Waals surface area (Å²) in [6, 6.07) is 5.79. The minimum Gasteiger partial charge on any atom is -0.342 e. The molecule has 1 atom stereocenters. The first-order valence-electron chi connectivity index (χ1n) is 5.57. The Morgan fingerprint density at radius 2 is 2.12 bits per heavy atom. The molecular formula is C13H17Br2NO. The van der Waals surface area contributed by atoms with Gasteiger partial charge >= 0.3 is 0 Å². The molecule has 0 bridgehead atoms. The Balaban J connectivity index is 2.78. The van der Waals surface area contributed by atoms with Crippen molar-refractivity contribution in [1.29, 1.82) is 0 Å². The molecule has 0 saturated heterocycles. The second-order valence-electron chi connectivity index (χ2n) is 4.26. The summed E-state index contributed by atoms with van der Waals surface area (Å²) in [7, 11) is 1.85. The van der Waals surface area contributed by atoms with Gasteiger partial charge < -0.3 is 4.90 Å². The quantitative estimate of drug-likeness (QED) is 0.741. The van der Waals surface area contributed by atoms with Crippen molar-refractivity contribution in [1.82, 2.24) is 4.90 Å². The summed E-state index contributed by atoms with van der Waals surface area (Å²) in [4.78, 5) is 14.4. The lowest BCUT2D eigenvalue weighted by atomic mass is 10.1. The number of carbonyl (C=O) groups is 1. The second kappa shape index (κ2) is 6.55. The Bertz CT molecular complexity index is 404. The molecule has 0 aliphatic carbocycles. The molecule has 0 saturated carbocycles. The summed E-state index contributed by atoms with van der Waals surface area (Å²) >= 11 is 6.89. The van der Waals surface area contributed by atoms with Crippen LogP contribution in [0.5, 0.6) is 0 Å². The molecule has 0 aliphatic heterocycles. The highest BCUT2D eigenvalue weighted by Gasteiger charge is 2.14. The van der Waals surface area contributed by atoms with Crippen molar-refractivity contribution < 1.29 is 4.79 Å². The minimum absolute atomic E-state index is 0.0805. The zero-order valence-electron chi connectivity index (χ0n) is 10.3. The highest BCUT2D eigenvalue weighted by atomic mass is 79.9. The number of rotatable bonds is 4. The first-order valence-corrected chi connectivity index (χ1v) is 7.28. The molecule has 4 heteroatoms. The molecule has 0 N–H and O–H groups in total. The SMILES string of the molecule is Cc1ccc(Br)cc1C(=O)N(C)CCC(C)Br. The summed E-state index contributed by atoms with van der Waals surface area (Å²) in [5.74, 6) is 0.0805. The van der Waals surface area contributed by atoms with Crippen LogP contribution in [0.1, 0.15) is 29.3 Å². The Kier molecular flexibility index (Phi) is 5.67. The van der Waals surface area contributed by atoms with Crippen molar-refractivity contribution in [3.8, 4) is 0 Å². The summed E-state index contributed by atoms with van der Waals surface area (Å²) in [5.41, 5.74) is 1.78. The highest BCUT2D eigenvalue weighted by molar-refractivity contribution is 9.10. The third-order valence-corrected chi connectivity index (χ3v) is 3.59. The lowest BCUT2D eigenvalue weighted by Crippen LogP contribution is -2.29. The number of hydrogen-bond acceptors (Lipinski definition) is 1. The Morgan fingerprint density at radius 1 is 1.47 bits per heavy atom. The van der Waals surface area contributed by atoms with E-state index in [2.05, 4.69) is 38.8 Å². The van der Waals surface area contributed by atoms with Gasteiger partial charge in [0.25, 0.3) is 5.91 Å². The third kappa shape index (κ3) is 4.43. The fourth-order valence-corrected chi connectivity index (χ4v) is 2.07. The number of aryl methyl sites for hydroxylation is 1. The fourth-order valence-electron chi connectivity index (χ4n) is 1.50. The number of benzene rings is 1. The van der Waals surface area contributed by atoms with Crippen LogP contribution in [0.3, 0.4) is 0 Å². The average molecular weight is 363 g/mol. The van der Waals surface area contributed by atoms with E-state index in [-0.39, 0.29) is 5.91 Å². The van der Waals surface area contributed by atoms with E-state index in [1.54, 1.807) is 4.90 Å². The average Bonchev–Trinajstić information content (AvgIpc) is 2.28. The normalized spacial score (nSPS) is 12.3. The van der Waals surface area contributed by atoms with Gasteiger partial charge in [0.15, 0.2) is 0 Å². The van der Waals surface area contributed by atoms with E-state index in [1.165, 1.54) is 0 Å². The van der Waals surface area contributed by atoms with E-state index in [0.717, 1.165) is 28.6 Å². The van der Waals surface area contributed by atoms with Gasteiger partial charge in [-0.15, -0.1) is 0 Å². The molecule has 1 unspecified atom stereocenters. The van der Waals surface area contributed by atoms with Crippen molar-refractivity contribution >= 4 is 37.8 Å². The van der Waals surface area contributed by atoms with Gasteiger partial charge in [0.05, 0.1) is 0 Å². The van der Waals surface area contributed by atoms with E-state index < -0.39 is 0 Å². The molecule has 1 amide bonds. The number of nitrogens with zero attached hydrogens (tertiary/aromatic N) is 1. The van der Waals surface area contributed by atoms with Gasteiger partial charge in [-0.2, -0.15) is 0 Å². The Morgan fingerprint density at radius 3 is 2.71 bits per heavy atom. The van der Waals surface area contributed by atoms with E-state index >= 15 is 0 Å². The summed E-state index contributed by atoms with van der Waals surface area (Å²) in [5, 5.41) is 0. The van der Waals surface area contributed by atoms with E-state index in [4.69, 9.17) is 0 Å². The first kappa shape index (κ1) is 14.7. The van der Waals surface area contributed by atoms with Gasteiger partial charge in [-0.05, 0) is 31.0 Å². The molecule has 0 fully saturated rings. The lowest BCUT2D eigenvalue weighted by molar-refractivity contribution is 0.0793. The van der Waals surface area contributed by atoms with Crippen LogP contribution in [0.15, 0.2) is 22.7 Å². The van der Waals surface area contributed by atoms with Crippen LogP contribution in [0.2, 0.25) is 0 Å². The molecule has 94 valence electrons. The topological polar surface area (TPSA) is 20.3 Å². The van der Waals surface area contributed by atoms with Gasteiger partial charge in [0, 0.05) is 28.5 Å². The maximum Gasteiger partial charge on any atom is 0.253 e. The monoisotopic (exact) mass is 361 g/mol. The van der Waals surface area contributed by atoms with Crippen LogP contribution in [0, 0.1) is 6.92 Å². The van der Waals surface area contributed by atoms with E-state index in [1.807, 2.05) is 32.2 Å². The van der Waals surface area contributed by atoms with Crippen LogP contribution < -0.4 is 0 Å². The molecular weight excluding hydrogens is 346 g/mol. The second-order valence-corrected chi connectivity index (χ2v) is 6.73. The fraction of sp³-hybridized carbons (Fsp3) is 0.462. The van der Waals surface area contributed by atoms with Crippen LogP contribution in [0.25, 0.3) is 0 Å². The predicted octanol–water partition coefficient (Wildman–Crippen LogP) is 4.00. The van der Waals surface area contributed by atoms with Gasteiger partial charge in [0.2, 0.25) is 0 Å². The van der Waals surface area contributed by atoms with Crippen molar-refractivity contribution in [2.45, 2.75) is 25.1 Å². The van der Waals surface area contributed by atoms with Crippen LogP contribution in [-0.2, 0) is 0 Å². The molecule has 1 aromatic carbocycles.